The molecule has 0 aromatic carbocycles. The van der Waals surface area contributed by atoms with E-state index in [9.17, 15) is 19.1 Å². The number of hydroxylamine groups is 1. The van der Waals surface area contributed by atoms with Gasteiger partial charge in [0.25, 0.3) is 0 Å². The molecule has 2 aromatic rings. The number of nitrogens with zero attached hydrogens (tertiary/aromatic N) is 3. The number of carbonyl (C=O) groups is 1. The summed E-state index contributed by atoms with van der Waals surface area (Å²) in [5.74, 6) is -1.88. The predicted molar refractivity (Wildman–Crippen MR) is 97.5 cm³/mol. The molecule has 3 aliphatic rings. The Morgan fingerprint density at radius 3 is 2.89 bits per heavy atom. The van der Waals surface area contributed by atoms with Crippen molar-refractivity contribution in [2.24, 2.45) is 5.92 Å². The Morgan fingerprint density at radius 2 is 2.21 bits per heavy atom. The number of nitrogens with one attached hydrogen (secondary N) is 2. The topological polar surface area (TPSA) is 121 Å². The van der Waals surface area contributed by atoms with E-state index >= 15 is 0 Å². The summed E-state index contributed by atoms with van der Waals surface area (Å²) in [6.45, 7) is 0.881. The van der Waals surface area contributed by atoms with Gasteiger partial charge in [-0.3, -0.25) is 9.63 Å². The van der Waals surface area contributed by atoms with Gasteiger partial charge in [-0.25, -0.2) is 14.2 Å². The molecule has 9 nitrogen and oxygen atoms in total. The average molecular weight is 387 g/mol. The quantitative estimate of drug-likeness (QED) is 0.667. The maximum atomic E-state index is 14.9. The van der Waals surface area contributed by atoms with Crippen molar-refractivity contribution in [2.45, 2.75) is 31.0 Å². The molecule has 1 aliphatic carbocycles. The van der Waals surface area contributed by atoms with Gasteiger partial charge in [-0.1, -0.05) is 0 Å². The number of aromatic carboxylic acids is 1. The van der Waals surface area contributed by atoms with Crippen molar-refractivity contribution in [3.63, 3.8) is 0 Å². The molecule has 28 heavy (non-hydrogen) atoms. The molecule has 10 heteroatoms. The number of carboxylic acid groups (broad SMARTS) is 1. The molecule has 0 bridgehead atoms. The second kappa shape index (κ2) is 6.08. The summed E-state index contributed by atoms with van der Waals surface area (Å²) >= 11 is 0. The van der Waals surface area contributed by atoms with Crippen LogP contribution in [0.2, 0.25) is 0 Å². The molecule has 0 spiro atoms. The average Bonchev–Trinajstić information content (AvgIpc) is 3.30. The Balaban J connectivity index is 1.62. The summed E-state index contributed by atoms with van der Waals surface area (Å²) < 4.78 is 16.6. The number of hydrogen-bond acceptors (Lipinski definition) is 7. The maximum Gasteiger partial charge on any atom is 0.341 e. The van der Waals surface area contributed by atoms with E-state index < -0.39 is 17.2 Å². The van der Waals surface area contributed by atoms with Crippen LogP contribution in [-0.4, -0.2) is 52.1 Å². The van der Waals surface area contributed by atoms with Gasteiger partial charge in [-0.05, 0) is 18.9 Å². The monoisotopic (exact) mass is 387 g/mol. The number of pyridine rings is 2. The minimum atomic E-state index is -1.33. The lowest BCUT2D eigenvalue weighted by Gasteiger charge is -2.21. The zero-order valence-corrected chi connectivity index (χ0v) is 14.8. The van der Waals surface area contributed by atoms with Crippen molar-refractivity contribution >= 4 is 29.0 Å². The van der Waals surface area contributed by atoms with Crippen molar-refractivity contribution in [1.82, 2.24) is 15.0 Å². The van der Waals surface area contributed by atoms with E-state index in [4.69, 9.17) is 10.2 Å². The van der Waals surface area contributed by atoms with Gasteiger partial charge in [-0.2, -0.15) is 5.48 Å². The van der Waals surface area contributed by atoms with Gasteiger partial charge in [0.1, 0.15) is 17.3 Å². The smallest absolute Gasteiger partial charge is 0.341 e. The molecule has 2 aliphatic heterocycles. The van der Waals surface area contributed by atoms with E-state index in [-0.39, 0.29) is 40.9 Å². The number of halogens is 1. The Kier molecular flexibility index (Phi) is 3.75. The lowest BCUT2D eigenvalue weighted by molar-refractivity contribution is 0.0357. The van der Waals surface area contributed by atoms with Crippen molar-refractivity contribution in [2.75, 3.05) is 18.0 Å². The number of fused-ring (bicyclic) bond motifs is 2. The third-order valence-electron chi connectivity index (χ3n) is 5.72. The molecule has 2 aromatic heterocycles. The number of hydrogen-bond donors (Lipinski definition) is 3. The largest absolute Gasteiger partial charge is 0.477 e. The van der Waals surface area contributed by atoms with Crippen LogP contribution in [0, 0.1) is 17.1 Å². The summed E-state index contributed by atoms with van der Waals surface area (Å²) in [5.41, 5.74) is 1.99. The standard InChI is InChI=1S/C18H18FN5O4/c19-12-3-9-15(25)11(18(26)27)6-24(8-1-2-8)16(9)21-17(12)23-5-10-13(4-20)22-28-14(10)7-23/h3-4,6,8,10,13-14,20,22H,1-2,5,7H2,(H,26,27). The fourth-order valence-electron chi connectivity index (χ4n) is 4.10. The Labute approximate surface area is 158 Å². The van der Waals surface area contributed by atoms with Gasteiger partial charge in [-0.15, -0.1) is 0 Å². The molecule has 1 saturated carbocycles. The van der Waals surface area contributed by atoms with E-state index in [0.717, 1.165) is 18.9 Å². The first-order valence-corrected chi connectivity index (χ1v) is 9.13. The SMILES string of the molecule is N=CC1NOC2CN(c3nc4c(cc3F)c(=O)c(C(=O)O)cn4C3CC3)CC12. The molecule has 5 rings (SSSR count). The Hall–Kier alpha value is -2.85. The van der Waals surface area contributed by atoms with Crippen LogP contribution in [0.1, 0.15) is 29.2 Å². The Morgan fingerprint density at radius 1 is 1.43 bits per heavy atom. The molecular weight excluding hydrogens is 369 g/mol. The van der Waals surface area contributed by atoms with Crippen LogP contribution in [0.4, 0.5) is 10.2 Å². The van der Waals surface area contributed by atoms with Crippen molar-refractivity contribution in [3.05, 3.63) is 33.9 Å². The van der Waals surface area contributed by atoms with Crippen molar-refractivity contribution < 1.29 is 19.1 Å². The second-order valence-corrected chi connectivity index (χ2v) is 7.52. The molecular formula is C18H18FN5O4. The number of carboxylic acids is 1. The predicted octanol–water partition coefficient (Wildman–Crippen LogP) is 0.926. The lowest BCUT2D eigenvalue weighted by atomic mass is 10.00. The van der Waals surface area contributed by atoms with Gasteiger partial charge in [0, 0.05) is 37.5 Å². The Bertz CT molecular complexity index is 1070. The van der Waals surface area contributed by atoms with Crippen LogP contribution in [0.15, 0.2) is 17.1 Å². The van der Waals surface area contributed by atoms with Gasteiger partial charge in [0.2, 0.25) is 5.43 Å². The molecule has 4 heterocycles. The van der Waals surface area contributed by atoms with E-state index in [2.05, 4.69) is 10.5 Å². The molecule has 3 N–H and O–H groups in total. The third-order valence-corrected chi connectivity index (χ3v) is 5.72. The zero-order valence-electron chi connectivity index (χ0n) is 14.8. The third kappa shape index (κ3) is 2.52. The van der Waals surface area contributed by atoms with E-state index in [1.807, 2.05) is 0 Å². The second-order valence-electron chi connectivity index (χ2n) is 7.52. The summed E-state index contributed by atoms with van der Waals surface area (Å²) in [6.07, 6.45) is 4.13. The highest BCUT2D eigenvalue weighted by Crippen LogP contribution is 2.38. The van der Waals surface area contributed by atoms with Crippen LogP contribution in [0.3, 0.4) is 0 Å². The van der Waals surface area contributed by atoms with Crippen LogP contribution in [-0.2, 0) is 4.84 Å². The normalized spacial score (nSPS) is 26.6. The molecule has 0 radical (unpaired) electrons. The number of anilines is 1. The molecule has 3 fully saturated rings. The van der Waals surface area contributed by atoms with Gasteiger partial charge >= 0.3 is 5.97 Å². The molecule has 3 unspecified atom stereocenters. The first-order chi connectivity index (χ1) is 13.5. The summed E-state index contributed by atoms with van der Waals surface area (Å²) in [6, 6.07) is 0.924. The first-order valence-electron chi connectivity index (χ1n) is 9.13. The highest BCUT2D eigenvalue weighted by atomic mass is 19.1. The van der Waals surface area contributed by atoms with E-state index in [1.165, 1.54) is 12.4 Å². The molecule has 146 valence electrons. The van der Waals surface area contributed by atoms with Crippen LogP contribution in [0.25, 0.3) is 11.0 Å². The van der Waals surface area contributed by atoms with Gasteiger partial charge in [0.05, 0.1) is 11.4 Å². The van der Waals surface area contributed by atoms with Crippen LogP contribution >= 0.6 is 0 Å². The fraction of sp³-hybridized carbons (Fsp3) is 0.444. The van der Waals surface area contributed by atoms with Gasteiger partial charge < -0.3 is 20.0 Å². The van der Waals surface area contributed by atoms with Gasteiger partial charge in [0.15, 0.2) is 11.6 Å². The first kappa shape index (κ1) is 17.3. The number of rotatable bonds is 4. The summed E-state index contributed by atoms with van der Waals surface area (Å²) in [5, 5.41) is 16.8. The van der Waals surface area contributed by atoms with Crippen LogP contribution in [0.5, 0.6) is 0 Å². The van der Waals surface area contributed by atoms with Crippen molar-refractivity contribution in [3.8, 4) is 0 Å². The minimum Gasteiger partial charge on any atom is -0.477 e. The molecule has 0 amide bonds. The van der Waals surface area contributed by atoms with Crippen LogP contribution < -0.4 is 15.8 Å². The highest BCUT2D eigenvalue weighted by molar-refractivity contribution is 5.92. The van der Waals surface area contributed by atoms with E-state index in [0.29, 0.717) is 18.7 Å². The maximum absolute atomic E-state index is 14.9. The zero-order chi connectivity index (χ0) is 19.6. The fourth-order valence-corrected chi connectivity index (χ4v) is 4.10. The summed E-state index contributed by atoms with van der Waals surface area (Å²) in [7, 11) is 0. The summed E-state index contributed by atoms with van der Waals surface area (Å²) in [4.78, 5) is 35.6. The molecule has 3 atom stereocenters. The van der Waals surface area contributed by atoms with E-state index in [1.54, 1.807) is 9.47 Å². The molecule has 2 saturated heterocycles. The number of aromatic nitrogens is 2. The lowest BCUT2D eigenvalue weighted by Crippen LogP contribution is -2.33. The minimum absolute atomic E-state index is 0.00871. The van der Waals surface area contributed by atoms with Crippen molar-refractivity contribution in [1.29, 1.82) is 5.41 Å². The highest BCUT2D eigenvalue weighted by Gasteiger charge is 2.44.